The van der Waals surface area contributed by atoms with Crippen LogP contribution < -0.4 is 14.8 Å². The molecule has 1 aliphatic carbocycles. The van der Waals surface area contributed by atoms with Crippen molar-refractivity contribution in [3.8, 4) is 11.5 Å². The smallest absolute Gasteiger partial charge is 0.341 e. The molecule has 0 spiro atoms. The fraction of sp³-hybridized carbons (Fsp3) is 0.400. The highest BCUT2D eigenvalue weighted by atomic mass is 32.2. The summed E-state index contributed by atoms with van der Waals surface area (Å²) in [6.07, 6.45) is 3.96. The van der Waals surface area contributed by atoms with E-state index in [1.165, 1.54) is 35.1 Å². The van der Waals surface area contributed by atoms with Gasteiger partial charge in [0.05, 0.1) is 32.6 Å². The van der Waals surface area contributed by atoms with E-state index in [4.69, 9.17) is 14.2 Å². The van der Waals surface area contributed by atoms with Crippen LogP contribution in [-0.4, -0.2) is 39.0 Å². The molecule has 6 nitrogen and oxygen atoms in total. The van der Waals surface area contributed by atoms with Crippen molar-refractivity contribution in [1.29, 1.82) is 0 Å². The summed E-state index contributed by atoms with van der Waals surface area (Å²) in [6, 6.07) is 5.52. The van der Waals surface area contributed by atoms with Gasteiger partial charge in [-0.15, -0.1) is 23.1 Å². The maximum Gasteiger partial charge on any atom is 0.341 e. The predicted molar refractivity (Wildman–Crippen MR) is 111 cm³/mol. The zero-order valence-electron chi connectivity index (χ0n) is 16.1. The number of methoxy groups -OCH3 is 3. The van der Waals surface area contributed by atoms with E-state index in [0.29, 0.717) is 22.1 Å². The molecule has 0 saturated heterocycles. The van der Waals surface area contributed by atoms with Crippen molar-refractivity contribution in [2.24, 2.45) is 0 Å². The van der Waals surface area contributed by atoms with Gasteiger partial charge in [0.25, 0.3) is 0 Å². The molecule has 0 fully saturated rings. The van der Waals surface area contributed by atoms with E-state index >= 15 is 0 Å². The summed E-state index contributed by atoms with van der Waals surface area (Å²) in [5.41, 5.74) is 1.55. The third-order valence-corrected chi connectivity index (χ3v) is 6.74. The molecule has 1 N–H and O–H groups in total. The van der Waals surface area contributed by atoms with Crippen molar-refractivity contribution in [1.82, 2.24) is 0 Å². The lowest BCUT2D eigenvalue weighted by Gasteiger charge is -2.12. The largest absolute Gasteiger partial charge is 0.493 e. The lowest BCUT2D eigenvalue weighted by molar-refractivity contribution is -0.113. The number of amides is 1. The van der Waals surface area contributed by atoms with E-state index in [0.717, 1.165) is 36.1 Å². The summed E-state index contributed by atoms with van der Waals surface area (Å²) >= 11 is 2.88. The third-order valence-electron chi connectivity index (χ3n) is 4.54. The summed E-state index contributed by atoms with van der Waals surface area (Å²) in [5, 5.41) is 3.50. The van der Waals surface area contributed by atoms with Crippen molar-refractivity contribution >= 4 is 40.0 Å². The first-order valence-electron chi connectivity index (χ1n) is 8.95. The molecule has 2 aromatic rings. The summed E-state index contributed by atoms with van der Waals surface area (Å²) in [7, 11) is 4.53. The molecule has 0 atom stereocenters. The number of carbonyl (C=O) groups excluding carboxylic acids is 2. The molecule has 8 heteroatoms. The normalized spacial score (nSPS) is 12.8. The van der Waals surface area contributed by atoms with Gasteiger partial charge in [-0.1, -0.05) is 0 Å². The fourth-order valence-corrected chi connectivity index (χ4v) is 5.21. The Hall–Kier alpha value is -2.19. The Morgan fingerprint density at radius 1 is 1.11 bits per heavy atom. The lowest BCUT2D eigenvalue weighted by Crippen LogP contribution is -2.16. The lowest BCUT2D eigenvalue weighted by atomic mass is 9.95. The monoisotopic (exact) mass is 421 g/mol. The molecule has 1 aromatic carbocycles. The van der Waals surface area contributed by atoms with Crippen LogP contribution >= 0.6 is 23.1 Å². The summed E-state index contributed by atoms with van der Waals surface area (Å²) in [6.45, 7) is 0. The summed E-state index contributed by atoms with van der Waals surface area (Å²) in [4.78, 5) is 26.8. The Bertz CT molecular complexity index is 878. The van der Waals surface area contributed by atoms with Crippen LogP contribution in [0.3, 0.4) is 0 Å². The first kappa shape index (κ1) is 20.5. The topological polar surface area (TPSA) is 73.9 Å². The first-order chi connectivity index (χ1) is 13.6. The van der Waals surface area contributed by atoms with E-state index in [2.05, 4.69) is 5.32 Å². The average molecular weight is 422 g/mol. The Morgan fingerprint density at radius 2 is 1.86 bits per heavy atom. The molecule has 0 radical (unpaired) electrons. The van der Waals surface area contributed by atoms with Crippen LogP contribution in [0.2, 0.25) is 0 Å². The van der Waals surface area contributed by atoms with Crippen LogP contribution in [-0.2, 0) is 22.4 Å². The highest BCUT2D eigenvalue weighted by molar-refractivity contribution is 8.00. The number of rotatable bonds is 7. The minimum Gasteiger partial charge on any atom is -0.493 e. The standard InChI is InChI=1S/C20H23NO5S2/c1-24-14-9-8-12(10-15(14)25-2)27-11-17(22)21-19-18(20(23)26-3)13-6-4-5-7-16(13)28-19/h8-10H,4-7,11H2,1-3H3,(H,21,22). The Morgan fingerprint density at radius 3 is 2.57 bits per heavy atom. The number of thiophene rings is 1. The van der Waals surface area contributed by atoms with Gasteiger partial charge in [-0.25, -0.2) is 4.79 Å². The van der Waals surface area contributed by atoms with Crippen LogP contribution in [0.25, 0.3) is 0 Å². The van der Waals surface area contributed by atoms with Gasteiger partial charge in [-0.2, -0.15) is 0 Å². The molecule has 1 aliphatic rings. The number of esters is 1. The van der Waals surface area contributed by atoms with Crippen molar-refractivity contribution < 1.29 is 23.8 Å². The van der Waals surface area contributed by atoms with Crippen molar-refractivity contribution in [3.63, 3.8) is 0 Å². The molecule has 0 saturated carbocycles. The highest BCUT2D eigenvalue weighted by Gasteiger charge is 2.26. The second-order valence-corrected chi connectivity index (χ2v) is 8.41. The van der Waals surface area contributed by atoms with Gasteiger partial charge in [0.15, 0.2) is 11.5 Å². The maximum atomic E-state index is 12.5. The number of carbonyl (C=O) groups is 2. The number of thioether (sulfide) groups is 1. The fourth-order valence-electron chi connectivity index (χ4n) is 3.19. The molecule has 1 amide bonds. The third kappa shape index (κ3) is 4.44. The van der Waals surface area contributed by atoms with E-state index in [9.17, 15) is 9.59 Å². The van der Waals surface area contributed by atoms with Crippen LogP contribution in [0, 0.1) is 0 Å². The highest BCUT2D eigenvalue weighted by Crippen LogP contribution is 2.39. The number of ether oxygens (including phenoxy) is 3. The molecule has 28 heavy (non-hydrogen) atoms. The molecule has 0 bridgehead atoms. The number of benzene rings is 1. The van der Waals surface area contributed by atoms with E-state index in [1.54, 1.807) is 14.2 Å². The molecule has 0 unspecified atom stereocenters. The number of anilines is 1. The molecule has 0 aliphatic heterocycles. The van der Waals surface area contributed by atoms with Gasteiger partial charge >= 0.3 is 5.97 Å². The van der Waals surface area contributed by atoms with Crippen LogP contribution in [0.1, 0.15) is 33.6 Å². The second kappa shape index (κ2) is 9.34. The Kier molecular flexibility index (Phi) is 6.85. The zero-order valence-corrected chi connectivity index (χ0v) is 17.8. The quantitative estimate of drug-likeness (QED) is 0.535. The Labute approximate surface area is 172 Å². The zero-order chi connectivity index (χ0) is 20.1. The van der Waals surface area contributed by atoms with Crippen LogP contribution in [0.4, 0.5) is 5.00 Å². The molecular formula is C20H23NO5S2. The molecular weight excluding hydrogens is 398 g/mol. The Balaban J connectivity index is 1.70. The number of aryl methyl sites for hydroxylation is 1. The van der Waals surface area contributed by atoms with Gasteiger partial charge in [-0.3, -0.25) is 4.79 Å². The summed E-state index contributed by atoms with van der Waals surface area (Å²) < 4.78 is 15.5. The van der Waals surface area contributed by atoms with Gasteiger partial charge in [0.1, 0.15) is 5.00 Å². The van der Waals surface area contributed by atoms with E-state index in [1.807, 2.05) is 18.2 Å². The average Bonchev–Trinajstić information content (AvgIpc) is 3.09. The van der Waals surface area contributed by atoms with Gasteiger partial charge in [0.2, 0.25) is 5.91 Å². The van der Waals surface area contributed by atoms with Crippen LogP contribution in [0.15, 0.2) is 23.1 Å². The predicted octanol–water partition coefficient (Wildman–Crippen LogP) is 4.16. The van der Waals surface area contributed by atoms with E-state index in [-0.39, 0.29) is 17.6 Å². The van der Waals surface area contributed by atoms with Gasteiger partial charge in [0, 0.05) is 9.77 Å². The SMILES string of the molecule is COC(=O)c1c(NC(=O)CSc2ccc(OC)c(OC)c2)sc2c1CCCC2. The molecule has 150 valence electrons. The molecule has 1 aromatic heterocycles. The number of hydrogen-bond donors (Lipinski definition) is 1. The number of fused-ring (bicyclic) bond motifs is 1. The van der Waals surface area contributed by atoms with Crippen molar-refractivity contribution in [3.05, 3.63) is 34.2 Å². The summed E-state index contributed by atoms with van der Waals surface area (Å²) in [5.74, 6) is 0.930. The first-order valence-corrected chi connectivity index (χ1v) is 10.7. The molecule has 1 heterocycles. The second-order valence-electron chi connectivity index (χ2n) is 6.26. The number of nitrogens with one attached hydrogen (secondary N) is 1. The van der Waals surface area contributed by atoms with Crippen LogP contribution in [0.5, 0.6) is 11.5 Å². The van der Waals surface area contributed by atoms with Gasteiger partial charge in [-0.05, 0) is 49.4 Å². The van der Waals surface area contributed by atoms with Gasteiger partial charge < -0.3 is 19.5 Å². The van der Waals surface area contributed by atoms with E-state index < -0.39 is 0 Å². The molecule has 3 rings (SSSR count). The van der Waals surface area contributed by atoms with Crippen molar-refractivity contribution in [2.45, 2.75) is 30.6 Å². The number of hydrogen-bond acceptors (Lipinski definition) is 7. The van der Waals surface area contributed by atoms with Crippen molar-refractivity contribution in [2.75, 3.05) is 32.4 Å². The maximum absolute atomic E-state index is 12.5. The minimum absolute atomic E-state index is 0.163. The minimum atomic E-state index is -0.387.